The molecule has 0 fully saturated rings. The molecule has 0 spiro atoms. The van der Waals surface area contributed by atoms with Crippen LogP contribution in [0, 0.1) is 0 Å². The van der Waals surface area contributed by atoms with Crippen molar-refractivity contribution in [2.24, 2.45) is 0 Å². The number of para-hydroxylation sites is 3. The highest BCUT2D eigenvalue weighted by Crippen LogP contribution is 2.41. The van der Waals surface area contributed by atoms with Gasteiger partial charge in [0.15, 0.2) is 23.1 Å². The Morgan fingerprint density at radius 3 is 1.76 bits per heavy atom. The summed E-state index contributed by atoms with van der Waals surface area (Å²) in [7, 11) is 0. The van der Waals surface area contributed by atoms with E-state index in [0.717, 1.165) is 44.2 Å². The summed E-state index contributed by atoms with van der Waals surface area (Å²) in [6.45, 7) is 0. The van der Waals surface area contributed by atoms with E-state index in [4.69, 9.17) is 26.2 Å². The van der Waals surface area contributed by atoms with Gasteiger partial charge in [-0.3, -0.25) is 0 Å². The van der Waals surface area contributed by atoms with Crippen LogP contribution in [0.15, 0.2) is 174 Å². The van der Waals surface area contributed by atoms with Gasteiger partial charge in [0.25, 0.3) is 0 Å². The van der Waals surface area contributed by atoms with Crippen molar-refractivity contribution in [3.63, 3.8) is 0 Å². The molecule has 3 aromatic heterocycles. The van der Waals surface area contributed by atoms with Crippen molar-refractivity contribution in [3.05, 3.63) is 170 Å². The first-order chi connectivity index (χ1) is 26.9. The summed E-state index contributed by atoms with van der Waals surface area (Å²) in [5.41, 5.74) is 7.46. The van der Waals surface area contributed by atoms with E-state index in [1.807, 2.05) is 48.5 Å². The molecule has 0 aliphatic heterocycles. The summed E-state index contributed by atoms with van der Waals surface area (Å²) in [4.78, 5) is 15.0. The number of aromatic nitrogens is 4. The zero-order chi connectivity index (χ0) is 37.4. The second kappa shape index (κ2) is 11.4. The molecule has 0 saturated carbocycles. The summed E-state index contributed by atoms with van der Waals surface area (Å²) in [6.07, 6.45) is 0. The van der Waals surface area contributed by atoms with Crippen molar-refractivity contribution < 1.29 is 11.3 Å². The summed E-state index contributed by atoms with van der Waals surface area (Å²) in [6, 6.07) is 44.0. The number of benzene rings is 7. The van der Waals surface area contributed by atoms with Crippen LogP contribution in [0.25, 0.3) is 94.7 Å². The third-order valence-electron chi connectivity index (χ3n) is 9.16. The summed E-state index contributed by atoms with van der Waals surface area (Å²) in [5, 5.41) is 4.14. The zero-order valence-electron chi connectivity index (χ0n) is 31.5. The standard InChI is InChI=1S/C45H28N4O/c1-3-13-29(14-4-1)30-25-27-32(28-26-30)44-46-43(31-15-5-2-6-16-31)47-45(48-44)36-20-12-24-40-41(36)35-19-11-23-39(42(35)50-40)49-37-21-9-7-17-33(37)34-18-8-10-22-38(34)49/h1-28H/i1D,3D,4D,13D,14D. The van der Waals surface area contributed by atoms with Crippen LogP contribution in [-0.4, -0.2) is 19.5 Å². The van der Waals surface area contributed by atoms with Crippen LogP contribution < -0.4 is 0 Å². The quantitative estimate of drug-likeness (QED) is 0.187. The Hall–Kier alpha value is -6.85. The van der Waals surface area contributed by atoms with Crippen molar-refractivity contribution in [1.82, 2.24) is 19.5 Å². The summed E-state index contributed by atoms with van der Waals surface area (Å²) < 4.78 is 50.2. The second-order valence-electron chi connectivity index (χ2n) is 12.1. The van der Waals surface area contributed by atoms with Gasteiger partial charge in [0, 0.05) is 38.2 Å². The maximum absolute atomic E-state index is 8.46. The van der Waals surface area contributed by atoms with Crippen LogP contribution in [0.5, 0.6) is 0 Å². The monoisotopic (exact) mass is 645 g/mol. The Labute approximate surface area is 294 Å². The van der Waals surface area contributed by atoms with Crippen molar-refractivity contribution in [1.29, 1.82) is 0 Å². The van der Waals surface area contributed by atoms with E-state index < -0.39 is 6.04 Å². The Morgan fingerprint density at radius 1 is 0.460 bits per heavy atom. The number of fused-ring (bicyclic) bond motifs is 6. The van der Waals surface area contributed by atoms with E-state index in [1.54, 1.807) is 24.3 Å². The predicted octanol–water partition coefficient (Wildman–Crippen LogP) is 11.5. The molecule has 0 unspecified atom stereocenters. The van der Waals surface area contributed by atoms with Gasteiger partial charge in [0.1, 0.15) is 5.58 Å². The van der Waals surface area contributed by atoms with Crippen LogP contribution in [0.3, 0.4) is 0 Å². The first-order valence-electron chi connectivity index (χ1n) is 18.8. The molecule has 0 amide bonds. The average Bonchev–Trinajstić information content (AvgIpc) is 3.79. The lowest BCUT2D eigenvalue weighted by Gasteiger charge is -2.10. The highest BCUT2D eigenvalue weighted by Gasteiger charge is 2.21. The van der Waals surface area contributed by atoms with Crippen molar-refractivity contribution in [2.75, 3.05) is 0 Å². The lowest BCUT2D eigenvalue weighted by Crippen LogP contribution is -2.00. The first kappa shape index (κ1) is 23.5. The van der Waals surface area contributed by atoms with E-state index in [1.165, 1.54) is 10.8 Å². The highest BCUT2D eigenvalue weighted by atomic mass is 16.3. The number of hydrogen-bond donors (Lipinski definition) is 0. The SMILES string of the molecule is [2H]c1c([2H])c([2H])c(-c2ccc(-c3nc(-c4ccccc4)nc(-c4cccc5oc6c(-n7c8ccccc8c8ccccc87)cccc6c45)n3)cc2)c([2H])c1[2H]. The topological polar surface area (TPSA) is 56.7 Å². The highest BCUT2D eigenvalue weighted by molar-refractivity contribution is 6.15. The number of furan rings is 1. The van der Waals surface area contributed by atoms with Gasteiger partial charge in [-0.05, 0) is 35.4 Å². The fourth-order valence-corrected chi connectivity index (χ4v) is 6.90. The fourth-order valence-electron chi connectivity index (χ4n) is 6.90. The zero-order valence-corrected chi connectivity index (χ0v) is 26.5. The minimum atomic E-state index is -0.426. The molecule has 0 aliphatic rings. The van der Waals surface area contributed by atoms with Crippen LogP contribution >= 0.6 is 0 Å². The van der Waals surface area contributed by atoms with E-state index in [2.05, 4.69) is 71.3 Å². The smallest absolute Gasteiger partial charge is 0.164 e. The van der Waals surface area contributed by atoms with E-state index >= 15 is 0 Å². The lowest BCUT2D eigenvalue weighted by atomic mass is 10.0. The average molecular weight is 646 g/mol. The van der Waals surface area contributed by atoms with Gasteiger partial charge < -0.3 is 8.98 Å². The van der Waals surface area contributed by atoms with Gasteiger partial charge in [-0.1, -0.05) is 145 Å². The van der Waals surface area contributed by atoms with Crippen molar-refractivity contribution in [3.8, 4) is 51.0 Å². The number of hydrogen-bond acceptors (Lipinski definition) is 4. The maximum atomic E-state index is 8.46. The third-order valence-corrected chi connectivity index (χ3v) is 9.16. The molecule has 234 valence electrons. The Morgan fingerprint density at radius 2 is 1.04 bits per heavy atom. The minimum absolute atomic E-state index is 0.137. The molecule has 0 bridgehead atoms. The largest absolute Gasteiger partial charge is 0.454 e. The summed E-state index contributed by atoms with van der Waals surface area (Å²) >= 11 is 0. The molecule has 0 aliphatic carbocycles. The summed E-state index contributed by atoms with van der Waals surface area (Å²) in [5.74, 6) is 1.38. The fraction of sp³-hybridized carbons (Fsp3) is 0. The third kappa shape index (κ3) is 4.52. The van der Waals surface area contributed by atoms with Gasteiger partial charge in [0.05, 0.1) is 23.6 Å². The van der Waals surface area contributed by atoms with Gasteiger partial charge in [-0.15, -0.1) is 0 Å². The van der Waals surface area contributed by atoms with Gasteiger partial charge in [0.2, 0.25) is 0 Å². The Kier molecular flexibility index (Phi) is 5.35. The molecule has 5 nitrogen and oxygen atoms in total. The Balaban J connectivity index is 1.16. The van der Waals surface area contributed by atoms with Crippen LogP contribution in [0.1, 0.15) is 6.85 Å². The van der Waals surface area contributed by atoms with E-state index in [-0.39, 0.29) is 29.7 Å². The van der Waals surface area contributed by atoms with E-state index in [0.29, 0.717) is 34.2 Å². The minimum Gasteiger partial charge on any atom is -0.454 e. The van der Waals surface area contributed by atoms with E-state index in [9.17, 15) is 0 Å². The molecule has 0 radical (unpaired) electrons. The Bertz CT molecular complexity index is 3070. The number of rotatable bonds is 5. The van der Waals surface area contributed by atoms with Crippen molar-refractivity contribution in [2.45, 2.75) is 0 Å². The molecule has 10 aromatic rings. The van der Waals surface area contributed by atoms with Gasteiger partial charge in [-0.2, -0.15) is 0 Å². The van der Waals surface area contributed by atoms with Gasteiger partial charge in [-0.25, -0.2) is 15.0 Å². The maximum Gasteiger partial charge on any atom is 0.164 e. The molecule has 5 heteroatoms. The molecule has 0 saturated heterocycles. The molecule has 0 atom stereocenters. The first-order valence-corrected chi connectivity index (χ1v) is 16.3. The lowest BCUT2D eigenvalue weighted by molar-refractivity contribution is 0.666. The molecule has 50 heavy (non-hydrogen) atoms. The second-order valence-corrected chi connectivity index (χ2v) is 12.1. The van der Waals surface area contributed by atoms with Crippen molar-refractivity contribution >= 4 is 43.7 Å². The molecular weight excluding hydrogens is 613 g/mol. The molecule has 0 N–H and O–H groups in total. The predicted molar refractivity (Wildman–Crippen MR) is 203 cm³/mol. The molecular formula is C45H28N4O. The van der Waals surface area contributed by atoms with Crippen LogP contribution in [0.4, 0.5) is 0 Å². The van der Waals surface area contributed by atoms with Crippen LogP contribution in [0.2, 0.25) is 0 Å². The number of nitrogens with zero attached hydrogens (tertiary/aromatic N) is 4. The van der Waals surface area contributed by atoms with Gasteiger partial charge >= 0.3 is 0 Å². The molecule has 7 aromatic carbocycles. The van der Waals surface area contributed by atoms with Crippen LogP contribution in [-0.2, 0) is 0 Å². The molecule has 3 heterocycles. The molecule has 10 rings (SSSR count). The normalized spacial score (nSPS) is 13.0.